The number of hydrogen-bond donors (Lipinski definition) is 0. The second-order valence-corrected chi connectivity index (χ2v) is 9.10. The summed E-state index contributed by atoms with van der Waals surface area (Å²) in [6, 6.07) is 16.1. The number of halogens is 3. The molecule has 0 aromatic heterocycles. The van der Waals surface area contributed by atoms with Crippen molar-refractivity contribution >= 4 is 52.2 Å². The molecule has 0 bridgehead atoms. The lowest BCUT2D eigenvalue weighted by atomic mass is 10.1. The largest absolute Gasteiger partial charge is 0.493 e. The van der Waals surface area contributed by atoms with E-state index in [0.717, 1.165) is 16.7 Å². The molecule has 0 unspecified atom stereocenters. The van der Waals surface area contributed by atoms with Crippen molar-refractivity contribution in [3.8, 4) is 11.5 Å². The summed E-state index contributed by atoms with van der Waals surface area (Å²) >= 11 is 13.2. The van der Waals surface area contributed by atoms with Crippen molar-refractivity contribution < 1.29 is 23.5 Å². The summed E-state index contributed by atoms with van der Waals surface area (Å²) in [4.78, 5) is 26.6. The quantitative estimate of drug-likeness (QED) is 0.317. The van der Waals surface area contributed by atoms with Gasteiger partial charge in [-0.2, -0.15) is 0 Å². The van der Waals surface area contributed by atoms with E-state index in [9.17, 15) is 14.0 Å². The van der Waals surface area contributed by atoms with Crippen molar-refractivity contribution in [1.82, 2.24) is 4.90 Å². The van der Waals surface area contributed by atoms with Crippen LogP contribution in [-0.2, 0) is 17.9 Å². The van der Waals surface area contributed by atoms with Gasteiger partial charge in [0, 0.05) is 15.6 Å². The minimum Gasteiger partial charge on any atom is -0.493 e. The lowest BCUT2D eigenvalue weighted by Crippen LogP contribution is -2.27. The standard InChI is InChI=1S/C25H18Cl2FNO4S/c1-32-22-11-16(7-10-21(22)33-14-18-19(26)3-2-4-20(18)27)12-23-24(30)29(25(31)34-23)13-15-5-8-17(28)9-6-15/h2-12H,13-14H2,1H3/b23-12-. The van der Waals surface area contributed by atoms with Crippen LogP contribution in [0.15, 0.2) is 65.6 Å². The Bertz CT molecular complexity index is 1260. The van der Waals surface area contributed by atoms with Gasteiger partial charge in [-0.3, -0.25) is 14.5 Å². The molecule has 0 aliphatic carbocycles. The van der Waals surface area contributed by atoms with Crippen LogP contribution in [0.3, 0.4) is 0 Å². The highest BCUT2D eigenvalue weighted by Gasteiger charge is 2.35. The highest BCUT2D eigenvalue weighted by Crippen LogP contribution is 2.36. The van der Waals surface area contributed by atoms with E-state index in [4.69, 9.17) is 32.7 Å². The van der Waals surface area contributed by atoms with Gasteiger partial charge in [-0.15, -0.1) is 0 Å². The topological polar surface area (TPSA) is 55.8 Å². The zero-order chi connectivity index (χ0) is 24.2. The Kier molecular flexibility index (Phi) is 7.46. The molecule has 34 heavy (non-hydrogen) atoms. The molecule has 1 saturated heterocycles. The van der Waals surface area contributed by atoms with Gasteiger partial charge in [0.05, 0.1) is 18.6 Å². The molecule has 3 aromatic carbocycles. The highest BCUT2D eigenvalue weighted by molar-refractivity contribution is 8.18. The molecule has 174 valence electrons. The summed E-state index contributed by atoms with van der Waals surface area (Å²) < 4.78 is 24.4. The van der Waals surface area contributed by atoms with Gasteiger partial charge < -0.3 is 9.47 Å². The van der Waals surface area contributed by atoms with E-state index in [0.29, 0.717) is 38.2 Å². The summed E-state index contributed by atoms with van der Waals surface area (Å²) in [5.41, 5.74) is 1.98. The van der Waals surface area contributed by atoms with Crippen LogP contribution in [0.25, 0.3) is 6.08 Å². The summed E-state index contributed by atoms with van der Waals surface area (Å²) in [6.07, 6.45) is 1.62. The first-order valence-corrected chi connectivity index (χ1v) is 11.7. The summed E-state index contributed by atoms with van der Waals surface area (Å²) in [5, 5.41) is 0.614. The maximum absolute atomic E-state index is 13.1. The molecule has 1 fully saturated rings. The zero-order valence-electron chi connectivity index (χ0n) is 17.9. The first kappa shape index (κ1) is 24.1. The van der Waals surface area contributed by atoms with E-state index < -0.39 is 5.91 Å². The number of methoxy groups -OCH3 is 1. The second kappa shape index (κ2) is 10.5. The van der Waals surface area contributed by atoms with Crippen molar-refractivity contribution in [3.05, 3.63) is 98.1 Å². The third-order valence-electron chi connectivity index (χ3n) is 5.05. The summed E-state index contributed by atoms with van der Waals surface area (Å²) in [7, 11) is 1.50. The Morgan fingerprint density at radius 1 is 1.00 bits per heavy atom. The average molecular weight is 518 g/mol. The Balaban J connectivity index is 1.50. The first-order chi connectivity index (χ1) is 16.4. The summed E-state index contributed by atoms with van der Waals surface area (Å²) in [5.74, 6) is 0.128. The van der Waals surface area contributed by atoms with Crippen LogP contribution in [-0.4, -0.2) is 23.2 Å². The number of ether oxygens (including phenoxy) is 2. The molecule has 0 N–H and O–H groups in total. The number of benzene rings is 3. The van der Waals surface area contributed by atoms with Gasteiger partial charge in [0.2, 0.25) is 0 Å². The van der Waals surface area contributed by atoms with Gasteiger partial charge in [0.25, 0.3) is 11.1 Å². The molecule has 4 rings (SSSR count). The van der Waals surface area contributed by atoms with Crippen LogP contribution in [0.5, 0.6) is 11.5 Å². The molecule has 1 aliphatic rings. The third-order valence-corrected chi connectivity index (χ3v) is 6.66. The number of imide groups is 1. The fourth-order valence-corrected chi connectivity index (χ4v) is 4.62. The molecular formula is C25H18Cl2FNO4S. The van der Waals surface area contributed by atoms with Gasteiger partial charge in [-0.25, -0.2) is 4.39 Å². The van der Waals surface area contributed by atoms with Crippen molar-refractivity contribution in [2.24, 2.45) is 0 Å². The predicted octanol–water partition coefficient (Wildman–Crippen LogP) is 6.96. The van der Waals surface area contributed by atoms with E-state index in [1.54, 1.807) is 54.6 Å². The van der Waals surface area contributed by atoms with Crippen LogP contribution >= 0.6 is 35.0 Å². The van der Waals surface area contributed by atoms with E-state index in [-0.39, 0.29) is 29.1 Å². The van der Waals surface area contributed by atoms with Gasteiger partial charge in [-0.05, 0) is 65.4 Å². The minimum atomic E-state index is -0.410. The predicted molar refractivity (Wildman–Crippen MR) is 132 cm³/mol. The molecular weight excluding hydrogens is 500 g/mol. The molecule has 0 saturated carbocycles. The number of nitrogens with zero attached hydrogens (tertiary/aromatic N) is 1. The number of amides is 2. The molecule has 1 aliphatic heterocycles. The molecule has 3 aromatic rings. The molecule has 9 heteroatoms. The molecule has 0 radical (unpaired) electrons. The monoisotopic (exact) mass is 517 g/mol. The zero-order valence-corrected chi connectivity index (χ0v) is 20.2. The number of hydrogen-bond acceptors (Lipinski definition) is 5. The van der Waals surface area contributed by atoms with E-state index in [1.807, 2.05) is 0 Å². The smallest absolute Gasteiger partial charge is 0.293 e. The Morgan fingerprint density at radius 2 is 1.71 bits per heavy atom. The van der Waals surface area contributed by atoms with Crippen LogP contribution < -0.4 is 9.47 Å². The second-order valence-electron chi connectivity index (χ2n) is 7.29. The molecule has 2 amide bonds. The van der Waals surface area contributed by atoms with E-state index >= 15 is 0 Å². The van der Waals surface area contributed by atoms with Gasteiger partial charge in [0.1, 0.15) is 12.4 Å². The lowest BCUT2D eigenvalue weighted by molar-refractivity contribution is -0.123. The van der Waals surface area contributed by atoms with Crippen molar-refractivity contribution in [2.75, 3.05) is 7.11 Å². The lowest BCUT2D eigenvalue weighted by Gasteiger charge is -2.13. The normalized spacial score (nSPS) is 14.7. The highest BCUT2D eigenvalue weighted by atomic mass is 35.5. The molecule has 5 nitrogen and oxygen atoms in total. The van der Waals surface area contributed by atoms with E-state index in [1.165, 1.54) is 19.2 Å². The number of carbonyl (C=O) groups is 2. The minimum absolute atomic E-state index is 0.0724. The maximum Gasteiger partial charge on any atom is 0.293 e. The Hall–Kier alpha value is -3.00. The fourth-order valence-electron chi connectivity index (χ4n) is 3.27. The Labute approximate surface area is 210 Å². The van der Waals surface area contributed by atoms with Crippen LogP contribution in [0.2, 0.25) is 10.0 Å². The number of carbonyl (C=O) groups excluding carboxylic acids is 2. The van der Waals surface area contributed by atoms with Crippen molar-refractivity contribution in [2.45, 2.75) is 13.2 Å². The van der Waals surface area contributed by atoms with Gasteiger partial charge in [0.15, 0.2) is 11.5 Å². The third kappa shape index (κ3) is 5.38. The van der Waals surface area contributed by atoms with Crippen molar-refractivity contribution in [1.29, 1.82) is 0 Å². The van der Waals surface area contributed by atoms with Gasteiger partial charge >= 0.3 is 0 Å². The Morgan fingerprint density at radius 3 is 2.38 bits per heavy atom. The molecule has 0 atom stereocenters. The van der Waals surface area contributed by atoms with Crippen LogP contribution in [0.1, 0.15) is 16.7 Å². The SMILES string of the molecule is COc1cc(/C=C2\SC(=O)N(Cc3ccc(F)cc3)C2=O)ccc1OCc1c(Cl)cccc1Cl. The number of rotatable bonds is 7. The number of thioether (sulfide) groups is 1. The fraction of sp³-hybridized carbons (Fsp3) is 0.120. The van der Waals surface area contributed by atoms with Crippen LogP contribution in [0.4, 0.5) is 9.18 Å². The summed E-state index contributed by atoms with van der Waals surface area (Å²) in [6.45, 7) is 0.222. The average Bonchev–Trinajstić information content (AvgIpc) is 3.08. The maximum atomic E-state index is 13.1. The van der Waals surface area contributed by atoms with Crippen LogP contribution in [0, 0.1) is 5.82 Å². The van der Waals surface area contributed by atoms with Gasteiger partial charge in [-0.1, -0.05) is 47.5 Å². The first-order valence-electron chi connectivity index (χ1n) is 10.1. The molecule has 0 spiro atoms. The van der Waals surface area contributed by atoms with Crippen molar-refractivity contribution in [3.63, 3.8) is 0 Å². The molecule has 1 heterocycles. The van der Waals surface area contributed by atoms with E-state index in [2.05, 4.69) is 0 Å².